The van der Waals surface area contributed by atoms with Gasteiger partial charge in [-0.3, -0.25) is 4.98 Å². The Morgan fingerprint density at radius 3 is 2.57 bits per heavy atom. The predicted octanol–water partition coefficient (Wildman–Crippen LogP) is 9.81. The van der Waals surface area contributed by atoms with Gasteiger partial charge in [0.2, 0.25) is 0 Å². The number of nitrogens with zero attached hydrogens (tertiary/aromatic N) is 3. The van der Waals surface area contributed by atoms with E-state index >= 15 is 0 Å². The van der Waals surface area contributed by atoms with E-state index in [1.807, 2.05) is 24.3 Å². The number of hydrogen-bond acceptors (Lipinski definition) is 7. The summed E-state index contributed by atoms with van der Waals surface area (Å²) in [4.78, 5) is 6.59. The molecule has 3 aromatic carbocycles. The summed E-state index contributed by atoms with van der Waals surface area (Å²) in [6.45, 7) is 4.45. The van der Waals surface area contributed by atoms with Gasteiger partial charge in [-0.25, -0.2) is 4.39 Å². The molecule has 1 N–H and O–H groups in total. The third kappa shape index (κ3) is 8.00. The second-order valence-electron chi connectivity index (χ2n) is 15.3. The summed E-state index contributed by atoms with van der Waals surface area (Å²) in [7, 11) is 0. The third-order valence-corrected chi connectivity index (χ3v) is 12.1. The first-order chi connectivity index (χ1) is 25.9. The molecule has 2 saturated carbocycles. The van der Waals surface area contributed by atoms with Crippen molar-refractivity contribution in [3.8, 4) is 34.4 Å². The fraction of sp³-hybridized carbons (Fsp3) is 0.442. The number of rotatable bonds is 14. The van der Waals surface area contributed by atoms with Crippen molar-refractivity contribution in [2.24, 2.45) is 5.41 Å². The molecule has 0 bridgehead atoms. The van der Waals surface area contributed by atoms with Crippen molar-refractivity contribution in [3.05, 3.63) is 105 Å². The summed E-state index contributed by atoms with van der Waals surface area (Å²) in [5, 5.41) is 14.2. The molecule has 1 spiro atoms. The Labute approximate surface area is 321 Å². The molecule has 0 radical (unpaired) electrons. The molecule has 53 heavy (non-hydrogen) atoms. The largest absolute Gasteiger partial charge is 0.492 e. The van der Waals surface area contributed by atoms with Crippen LogP contribution in [0.2, 0.25) is 10.0 Å². The van der Waals surface area contributed by atoms with E-state index in [1.54, 1.807) is 18.5 Å². The van der Waals surface area contributed by atoms with Gasteiger partial charge in [-0.05, 0) is 79.8 Å². The van der Waals surface area contributed by atoms with Gasteiger partial charge in [-0.2, -0.15) is 5.26 Å². The van der Waals surface area contributed by atoms with E-state index in [9.17, 15) is 9.65 Å². The van der Waals surface area contributed by atoms with Crippen LogP contribution in [0.3, 0.4) is 0 Å². The molecule has 3 aliphatic carbocycles. The van der Waals surface area contributed by atoms with E-state index in [4.69, 9.17) is 37.4 Å². The quantitative estimate of drug-likeness (QED) is 0.128. The molecule has 8 rings (SSSR count). The fourth-order valence-electron chi connectivity index (χ4n) is 8.76. The van der Waals surface area contributed by atoms with Crippen LogP contribution in [0.1, 0.15) is 85.3 Å². The molecule has 0 amide bonds. The molecule has 4 aromatic rings. The van der Waals surface area contributed by atoms with Crippen LogP contribution in [0.4, 0.5) is 4.39 Å². The summed E-state index contributed by atoms with van der Waals surface area (Å²) in [5.41, 5.74) is 6.88. The van der Waals surface area contributed by atoms with Crippen molar-refractivity contribution in [2.45, 2.75) is 89.3 Å². The van der Waals surface area contributed by atoms with Crippen molar-refractivity contribution in [1.29, 1.82) is 5.26 Å². The molecule has 10 heteroatoms. The second kappa shape index (κ2) is 15.8. The summed E-state index contributed by atoms with van der Waals surface area (Å²) in [6.07, 6.45) is 11.3. The number of pyridine rings is 1. The number of fused-ring (bicyclic) bond motifs is 1. The molecular formula is C43H45Cl2FN4O3. The van der Waals surface area contributed by atoms with Crippen LogP contribution < -0.4 is 19.5 Å². The van der Waals surface area contributed by atoms with E-state index in [0.717, 1.165) is 79.6 Å². The van der Waals surface area contributed by atoms with Crippen LogP contribution >= 0.6 is 23.2 Å². The molecule has 276 valence electrons. The number of halogens is 3. The number of benzene rings is 3. The van der Waals surface area contributed by atoms with Gasteiger partial charge in [0.15, 0.2) is 0 Å². The van der Waals surface area contributed by atoms with Crippen LogP contribution in [-0.4, -0.2) is 48.3 Å². The first-order valence-corrected chi connectivity index (χ1v) is 19.7. The molecule has 1 aromatic heterocycles. The highest BCUT2D eigenvalue weighted by Gasteiger charge is 2.52. The van der Waals surface area contributed by atoms with Crippen LogP contribution in [0.25, 0.3) is 11.1 Å². The monoisotopic (exact) mass is 754 g/mol. The van der Waals surface area contributed by atoms with Gasteiger partial charge in [0.25, 0.3) is 0 Å². The molecule has 1 saturated heterocycles. The van der Waals surface area contributed by atoms with Crippen LogP contribution in [0.5, 0.6) is 17.2 Å². The highest BCUT2D eigenvalue weighted by molar-refractivity contribution is 6.35. The number of alkyl halides is 1. The van der Waals surface area contributed by atoms with Crippen molar-refractivity contribution < 1.29 is 18.6 Å². The third-order valence-electron chi connectivity index (χ3n) is 11.4. The Kier molecular flexibility index (Phi) is 10.8. The van der Waals surface area contributed by atoms with Crippen molar-refractivity contribution in [3.63, 3.8) is 0 Å². The lowest BCUT2D eigenvalue weighted by molar-refractivity contribution is -0.102. The lowest BCUT2D eigenvalue weighted by Gasteiger charge is -2.57. The molecule has 0 unspecified atom stereocenters. The van der Waals surface area contributed by atoms with Crippen LogP contribution in [-0.2, 0) is 19.6 Å². The minimum atomic E-state index is -0.595. The van der Waals surface area contributed by atoms with Gasteiger partial charge < -0.3 is 24.4 Å². The standard InChI is InChI=1S/C43H45Cl2FN4O3/c44-37-17-30(24-49-32-6-1-2-7-32)40(52-25-29-16-28(21-47)22-48-23-29)18-41(37)53-38-13-12-34-33(8-3-9-35(34)38)36-10-4-11-39(42(36)45)51-15-5-14-50-26-43(27-50)19-31(46)20-43/h3-4,8-11,16-18,22-23,31-32,38,49H,1-2,5-7,12-15,19-20,24-27H2/t38-/m0/s1. The van der Waals surface area contributed by atoms with E-state index in [1.165, 1.54) is 31.2 Å². The highest BCUT2D eigenvalue weighted by Crippen LogP contribution is 2.50. The molecule has 3 fully saturated rings. The summed E-state index contributed by atoms with van der Waals surface area (Å²) < 4.78 is 32.6. The summed E-state index contributed by atoms with van der Waals surface area (Å²) >= 11 is 14.0. The van der Waals surface area contributed by atoms with Gasteiger partial charge in [-0.15, -0.1) is 0 Å². The Morgan fingerprint density at radius 2 is 1.75 bits per heavy atom. The van der Waals surface area contributed by atoms with Crippen molar-refractivity contribution >= 4 is 23.2 Å². The van der Waals surface area contributed by atoms with Crippen molar-refractivity contribution in [2.75, 3.05) is 26.2 Å². The highest BCUT2D eigenvalue weighted by atomic mass is 35.5. The second-order valence-corrected chi connectivity index (χ2v) is 16.1. The smallest absolute Gasteiger partial charge is 0.142 e. The average molecular weight is 756 g/mol. The van der Waals surface area contributed by atoms with Gasteiger partial charge >= 0.3 is 0 Å². The number of ether oxygens (including phenoxy) is 3. The van der Waals surface area contributed by atoms with Crippen molar-refractivity contribution in [1.82, 2.24) is 15.2 Å². The van der Waals surface area contributed by atoms with Gasteiger partial charge in [0.1, 0.15) is 42.2 Å². The van der Waals surface area contributed by atoms with E-state index in [0.29, 0.717) is 52.1 Å². The minimum absolute atomic E-state index is 0.191. The molecule has 7 nitrogen and oxygen atoms in total. The van der Waals surface area contributed by atoms with Crippen LogP contribution in [0, 0.1) is 16.7 Å². The molecule has 1 aliphatic heterocycles. The van der Waals surface area contributed by atoms with Gasteiger partial charge in [0.05, 0.1) is 22.2 Å². The first-order valence-electron chi connectivity index (χ1n) is 19.0. The number of hydrogen-bond donors (Lipinski definition) is 1. The number of nitrogens with one attached hydrogen (secondary N) is 1. The van der Waals surface area contributed by atoms with Crippen LogP contribution in [0.15, 0.2) is 67.0 Å². The average Bonchev–Trinajstić information content (AvgIpc) is 3.82. The first kappa shape index (κ1) is 36.1. The Bertz CT molecular complexity index is 1980. The maximum atomic E-state index is 13.3. The maximum absolute atomic E-state index is 13.3. The van der Waals surface area contributed by atoms with E-state index in [-0.39, 0.29) is 18.1 Å². The lowest BCUT2D eigenvalue weighted by Crippen LogP contribution is -2.62. The zero-order chi connectivity index (χ0) is 36.4. The topological polar surface area (TPSA) is 79.6 Å². The summed E-state index contributed by atoms with van der Waals surface area (Å²) in [6, 6.07) is 20.6. The Balaban J connectivity index is 0.954. The zero-order valence-electron chi connectivity index (χ0n) is 29.9. The number of aromatic nitrogens is 1. The normalized spacial score (nSPS) is 19.4. The van der Waals surface area contributed by atoms with E-state index < -0.39 is 6.17 Å². The molecule has 1 atom stereocenters. The SMILES string of the molecule is N#Cc1cncc(COc2cc(O[C@H]3CCc4c(-c5cccc(OCCCN6CC7(CC(F)C7)C6)c5Cl)cccc43)c(Cl)cc2CNC2CCCC2)c1. The number of likely N-dealkylation sites (tertiary alicyclic amines) is 1. The predicted molar refractivity (Wildman–Crippen MR) is 206 cm³/mol. The van der Waals surface area contributed by atoms with E-state index in [2.05, 4.69) is 45.5 Å². The number of nitriles is 1. The maximum Gasteiger partial charge on any atom is 0.142 e. The molecular weight excluding hydrogens is 710 g/mol. The minimum Gasteiger partial charge on any atom is -0.492 e. The molecule has 4 aliphatic rings. The lowest BCUT2D eigenvalue weighted by atomic mass is 9.62. The zero-order valence-corrected chi connectivity index (χ0v) is 31.4. The Morgan fingerprint density at radius 1 is 0.943 bits per heavy atom. The molecule has 2 heterocycles. The summed E-state index contributed by atoms with van der Waals surface area (Å²) in [5.74, 6) is 1.94. The Hall–Kier alpha value is -3.87. The fourth-order valence-corrected chi connectivity index (χ4v) is 9.27. The van der Waals surface area contributed by atoms with Gasteiger partial charge in [0, 0.05) is 72.8 Å². The van der Waals surface area contributed by atoms with Gasteiger partial charge in [-0.1, -0.05) is 66.4 Å².